The lowest BCUT2D eigenvalue weighted by atomic mass is 10.2. The summed E-state index contributed by atoms with van der Waals surface area (Å²) in [6, 6.07) is 10.5. The van der Waals surface area contributed by atoms with Gasteiger partial charge in [-0.1, -0.05) is 18.2 Å². The molecular weight excluding hydrogens is 206 g/mol. The lowest BCUT2D eigenvalue weighted by molar-refractivity contribution is 0.0693. The molecule has 1 heterocycles. The maximum Gasteiger partial charge on any atom is 0.341 e. The third kappa shape index (κ3) is 2.17. The van der Waals surface area contributed by atoms with E-state index in [1.807, 2.05) is 18.2 Å². The Bertz CT molecular complexity index is 497. The molecule has 0 aliphatic heterocycles. The summed E-state index contributed by atoms with van der Waals surface area (Å²) in [5.41, 5.74) is 0.0475. The normalized spacial score (nSPS) is 9.75. The number of pyridine rings is 1. The second kappa shape index (κ2) is 4.44. The molecule has 4 heteroatoms. The highest BCUT2D eigenvalue weighted by molar-refractivity contribution is 5.90. The molecule has 0 saturated carbocycles. The van der Waals surface area contributed by atoms with Crippen LogP contribution in [0, 0.1) is 0 Å². The number of para-hydroxylation sites is 1. The van der Waals surface area contributed by atoms with E-state index < -0.39 is 5.97 Å². The minimum absolute atomic E-state index is 0.0475. The number of aromatic nitrogens is 1. The van der Waals surface area contributed by atoms with Crippen LogP contribution in [-0.4, -0.2) is 16.1 Å². The SMILES string of the molecule is O=C(O)c1cnccc1Oc1ccccc1. The highest BCUT2D eigenvalue weighted by Crippen LogP contribution is 2.23. The van der Waals surface area contributed by atoms with E-state index in [2.05, 4.69) is 4.98 Å². The molecule has 0 bridgehead atoms. The van der Waals surface area contributed by atoms with Crippen LogP contribution in [-0.2, 0) is 0 Å². The van der Waals surface area contributed by atoms with Crippen LogP contribution < -0.4 is 4.74 Å². The third-order valence-corrected chi connectivity index (χ3v) is 1.98. The Labute approximate surface area is 92.1 Å². The predicted molar refractivity (Wildman–Crippen MR) is 57.7 cm³/mol. The fourth-order valence-corrected chi connectivity index (χ4v) is 1.25. The topological polar surface area (TPSA) is 59.4 Å². The van der Waals surface area contributed by atoms with Gasteiger partial charge in [0.25, 0.3) is 0 Å². The number of nitrogens with zero attached hydrogens (tertiary/aromatic N) is 1. The highest BCUT2D eigenvalue weighted by Gasteiger charge is 2.11. The van der Waals surface area contributed by atoms with Gasteiger partial charge in [-0.05, 0) is 12.1 Å². The van der Waals surface area contributed by atoms with Crippen LogP contribution in [0.5, 0.6) is 11.5 Å². The van der Waals surface area contributed by atoms with Gasteiger partial charge in [-0.2, -0.15) is 0 Å². The third-order valence-electron chi connectivity index (χ3n) is 1.98. The molecule has 80 valence electrons. The van der Waals surface area contributed by atoms with Gasteiger partial charge >= 0.3 is 5.97 Å². The van der Waals surface area contributed by atoms with E-state index in [-0.39, 0.29) is 11.3 Å². The first-order chi connectivity index (χ1) is 7.77. The van der Waals surface area contributed by atoms with Crippen LogP contribution >= 0.6 is 0 Å². The zero-order valence-corrected chi connectivity index (χ0v) is 8.33. The van der Waals surface area contributed by atoms with E-state index in [1.54, 1.807) is 12.1 Å². The quantitative estimate of drug-likeness (QED) is 0.854. The first kappa shape index (κ1) is 10.2. The van der Waals surface area contributed by atoms with Crippen molar-refractivity contribution >= 4 is 5.97 Å². The Kier molecular flexibility index (Phi) is 2.82. The minimum atomic E-state index is -1.06. The molecule has 0 saturated heterocycles. The molecule has 0 radical (unpaired) electrons. The molecule has 4 nitrogen and oxygen atoms in total. The fourth-order valence-electron chi connectivity index (χ4n) is 1.25. The Hall–Kier alpha value is -2.36. The zero-order valence-electron chi connectivity index (χ0n) is 8.33. The molecule has 1 N–H and O–H groups in total. The molecule has 0 fully saturated rings. The molecule has 0 amide bonds. The van der Waals surface area contributed by atoms with Crippen molar-refractivity contribution in [1.29, 1.82) is 0 Å². The Morgan fingerprint density at radius 3 is 2.62 bits per heavy atom. The Morgan fingerprint density at radius 1 is 1.19 bits per heavy atom. The average Bonchev–Trinajstić information content (AvgIpc) is 2.31. The summed E-state index contributed by atoms with van der Waals surface area (Å²) in [5.74, 6) is -0.177. The predicted octanol–water partition coefficient (Wildman–Crippen LogP) is 2.57. The number of hydrogen-bond donors (Lipinski definition) is 1. The Balaban J connectivity index is 2.31. The molecule has 2 aromatic rings. The summed E-state index contributed by atoms with van der Waals surface area (Å²) in [7, 11) is 0. The summed E-state index contributed by atoms with van der Waals surface area (Å²) >= 11 is 0. The number of carboxylic acid groups (broad SMARTS) is 1. The van der Waals surface area contributed by atoms with Gasteiger partial charge in [-0.15, -0.1) is 0 Å². The van der Waals surface area contributed by atoms with Gasteiger partial charge < -0.3 is 9.84 Å². The molecule has 16 heavy (non-hydrogen) atoms. The second-order valence-corrected chi connectivity index (χ2v) is 3.09. The van der Waals surface area contributed by atoms with Gasteiger partial charge in [0, 0.05) is 18.5 Å². The summed E-state index contributed by atoms with van der Waals surface area (Å²) in [5, 5.41) is 8.92. The average molecular weight is 215 g/mol. The number of carboxylic acids is 1. The van der Waals surface area contributed by atoms with Gasteiger partial charge in [-0.25, -0.2) is 4.79 Å². The molecule has 0 aliphatic carbocycles. The number of benzene rings is 1. The van der Waals surface area contributed by atoms with E-state index in [0.717, 1.165) is 0 Å². The van der Waals surface area contributed by atoms with Crippen molar-refractivity contribution in [3.63, 3.8) is 0 Å². The van der Waals surface area contributed by atoms with Crippen LogP contribution in [0.15, 0.2) is 48.8 Å². The summed E-state index contributed by atoms with van der Waals surface area (Å²) < 4.78 is 5.45. The van der Waals surface area contributed by atoms with E-state index in [1.165, 1.54) is 18.5 Å². The van der Waals surface area contributed by atoms with Gasteiger partial charge in [0.2, 0.25) is 0 Å². The largest absolute Gasteiger partial charge is 0.477 e. The number of aromatic carboxylic acids is 1. The maximum atomic E-state index is 10.9. The van der Waals surface area contributed by atoms with Crippen molar-refractivity contribution in [3.05, 3.63) is 54.4 Å². The molecule has 0 atom stereocenters. The van der Waals surface area contributed by atoms with Crippen LogP contribution in [0.3, 0.4) is 0 Å². The van der Waals surface area contributed by atoms with Crippen LogP contribution in [0.4, 0.5) is 0 Å². The van der Waals surface area contributed by atoms with E-state index in [9.17, 15) is 4.79 Å². The monoisotopic (exact) mass is 215 g/mol. The number of rotatable bonds is 3. The van der Waals surface area contributed by atoms with Crippen molar-refractivity contribution in [2.24, 2.45) is 0 Å². The number of carbonyl (C=O) groups is 1. The fraction of sp³-hybridized carbons (Fsp3) is 0. The summed E-state index contributed by atoms with van der Waals surface area (Å²) in [4.78, 5) is 14.6. The smallest absolute Gasteiger partial charge is 0.341 e. The highest BCUT2D eigenvalue weighted by atomic mass is 16.5. The lowest BCUT2D eigenvalue weighted by Gasteiger charge is -2.07. The van der Waals surface area contributed by atoms with Crippen molar-refractivity contribution in [2.45, 2.75) is 0 Å². The molecule has 2 rings (SSSR count). The van der Waals surface area contributed by atoms with E-state index >= 15 is 0 Å². The van der Waals surface area contributed by atoms with Crippen molar-refractivity contribution in [3.8, 4) is 11.5 Å². The van der Waals surface area contributed by atoms with E-state index in [0.29, 0.717) is 5.75 Å². The number of hydrogen-bond acceptors (Lipinski definition) is 3. The molecule has 1 aromatic carbocycles. The van der Waals surface area contributed by atoms with Gasteiger partial charge in [0.05, 0.1) is 0 Å². The van der Waals surface area contributed by atoms with Crippen LogP contribution in [0.1, 0.15) is 10.4 Å². The minimum Gasteiger partial charge on any atom is -0.477 e. The van der Waals surface area contributed by atoms with Gasteiger partial charge in [0.1, 0.15) is 17.1 Å². The zero-order chi connectivity index (χ0) is 11.4. The molecule has 0 unspecified atom stereocenters. The summed E-state index contributed by atoms with van der Waals surface area (Å²) in [6.07, 6.45) is 2.76. The van der Waals surface area contributed by atoms with Crippen LogP contribution in [0.25, 0.3) is 0 Å². The summed E-state index contributed by atoms with van der Waals surface area (Å²) in [6.45, 7) is 0. The van der Waals surface area contributed by atoms with Gasteiger partial charge in [-0.3, -0.25) is 4.98 Å². The molecule has 0 aliphatic rings. The molecule has 1 aromatic heterocycles. The van der Waals surface area contributed by atoms with Crippen molar-refractivity contribution in [1.82, 2.24) is 4.98 Å². The maximum absolute atomic E-state index is 10.9. The second-order valence-electron chi connectivity index (χ2n) is 3.09. The molecular formula is C12H9NO3. The van der Waals surface area contributed by atoms with Gasteiger partial charge in [0.15, 0.2) is 0 Å². The number of ether oxygens (including phenoxy) is 1. The first-order valence-corrected chi connectivity index (χ1v) is 4.67. The first-order valence-electron chi connectivity index (χ1n) is 4.67. The molecule has 0 spiro atoms. The lowest BCUT2D eigenvalue weighted by Crippen LogP contribution is -2.00. The Morgan fingerprint density at radius 2 is 1.94 bits per heavy atom. The van der Waals surface area contributed by atoms with E-state index in [4.69, 9.17) is 9.84 Å². The van der Waals surface area contributed by atoms with Crippen LogP contribution in [0.2, 0.25) is 0 Å². The standard InChI is InChI=1S/C12H9NO3/c14-12(15)10-8-13-7-6-11(10)16-9-4-2-1-3-5-9/h1-8H,(H,14,15). The van der Waals surface area contributed by atoms with Crippen molar-refractivity contribution < 1.29 is 14.6 Å². The van der Waals surface area contributed by atoms with Crippen molar-refractivity contribution in [2.75, 3.05) is 0 Å².